The standard InChI is InChI=1S/C65H50N2O2/c1-2-3-19-44(31-30-43-17-7-4-5-8-18-43)45-32-35-49(36-33-45)66-55-25-10-6-9-23-52(55)64-57(66)38-39-58-65(64)53-37-34-46(51-24-15-28-61-54(51)41-47-20-12-14-27-60(47)69-61)42-59(53)67(58)56-26-16-29-62-63(56)48-21-11-13-22-50(40-48)68-62/h2-17,20-24,26-29,31-39,42,48,50H,19,25,30,40-41H2,1H3/b3-2-,44-31+. The molecule has 0 radical (unpaired) electrons. The van der Waals surface area contributed by atoms with Crippen molar-refractivity contribution in [3.63, 3.8) is 0 Å². The van der Waals surface area contributed by atoms with E-state index in [9.17, 15) is 0 Å². The molecule has 2 bridgehead atoms. The number of benzene rings is 6. The summed E-state index contributed by atoms with van der Waals surface area (Å²) in [6, 6.07) is 42.6. The van der Waals surface area contributed by atoms with Crippen molar-refractivity contribution in [1.29, 1.82) is 0 Å². The van der Waals surface area contributed by atoms with Gasteiger partial charge in [0.05, 0.1) is 22.2 Å². The Morgan fingerprint density at radius 2 is 1.57 bits per heavy atom. The number of allylic oxidation sites excluding steroid dienone is 15. The lowest BCUT2D eigenvalue weighted by Gasteiger charge is -2.31. The van der Waals surface area contributed by atoms with Gasteiger partial charge in [-0.2, -0.15) is 0 Å². The topological polar surface area (TPSA) is 28.3 Å². The Balaban J connectivity index is 1.02. The fraction of sp³-hybridized carbons (Fsp3) is 0.123. The first-order chi connectivity index (χ1) is 34.2. The van der Waals surface area contributed by atoms with Crippen molar-refractivity contribution in [2.24, 2.45) is 0 Å². The molecule has 4 heterocycles. The fourth-order valence-corrected chi connectivity index (χ4v) is 11.4. The third-order valence-electron chi connectivity index (χ3n) is 14.5. The van der Waals surface area contributed by atoms with Crippen molar-refractivity contribution in [3.05, 3.63) is 251 Å². The molecule has 0 N–H and O–H groups in total. The summed E-state index contributed by atoms with van der Waals surface area (Å²) >= 11 is 0. The molecule has 332 valence electrons. The van der Waals surface area contributed by atoms with Crippen molar-refractivity contribution in [2.75, 3.05) is 0 Å². The second kappa shape index (κ2) is 17.1. The number of rotatable bonds is 8. The monoisotopic (exact) mass is 890 g/mol. The van der Waals surface area contributed by atoms with Crippen LogP contribution in [-0.2, 0) is 12.8 Å². The number of fused-ring (bicyclic) bond motifs is 13. The maximum absolute atomic E-state index is 6.74. The van der Waals surface area contributed by atoms with Crippen molar-refractivity contribution in [1.82, 2.24) is 9.13 Å². The predicted molar refractivity (Wildman–Crippen MR) is 286 cm³/mol. The minimum absolute atomic E-state index is 0.0469. The third kappa shape index (κ3) is 7.07. The summed E-state index contributed by atoms with van der Waals surface area (Å²) in [4.78, 5) is 0. The summed E-state index contributed by atoms with van der Waals surface area (Å²) in [5.41, 5.74) is 21.6. The van der Waals surface area contributed by atoms with Gasteiger partial charge in [0.25, 0.3) is 0 Å². The number of hydrogen-bond donors (Lipinski definition) is 0. The molecule has 0 saturated heterocycles. The molecule has 3 aliphatic carbocycles. The lowest BCUT2D eigenvalue weighted by Crippen LogP contribution is -2.23. The molecular formula is C65H50N2O2. The van der Waals surface area contributed by atoms with Gasteiger partial charge in [0.2, 0.25) is 0 Å². The van der Waals surface area contributed by atoms with Gasteiger partial charge < -0.3 is 18.6 Å². The molecule has 6 aromatic carbocycles. The summed E-state index contributed by atoms with van der Waals surface area (Å²) < 4.78 is 18.3. The summed E-state index contributed by atoms with van der Waals surface area (Å²) in [5.74, 6) is 3.03. The summed E-state index contributed by atoms with van der Waals surface area (Å²) in [6.07, 6.45) is 39.3. The van der Waals surface area contributed by atoms with E-state index in [1.807, 2.05) is 12.2 Å². The average molecular weight is 891 g/mol. The highest BCUT2D eigenvalue weighted by Gasteiger charge is 2.32. The van der Waals surface area contributed by atoms with Crippen LogP contribution in [-0.4, -0.2) is 15.2 Å². The van der Waals surface area contributed by atoms with Gasteiger partial charge in [0.15, 0.2) is 0 Å². The molecule has 2 unspecified atom stereocenters. The highest BCUT2D eigenvalue weighted by Crippen LogP contribution is 2.49. The van der Waals surface area contributed by atoms with E-state index < -0.39 is 0 Å². The Hall–Kier alpha value is -8.30. The van der Waals surface area contributed by atoms with Gasteiger partial charge >= 0.3 is 0 Å². The van der Waals surface area contributed by atoms with E-state index in [4.69, 9.17) is 9.47 Å². The lowest BCUT2D eigenvalue weighted by atomic mass is 9.88. The molecule has 0 spiro atoms. The summed E-state index contributed by atoms with van der Waals surface area (Å²) in [6.45, 7) is 2.10. The van der Waals surface area contributed by atoms with E-state index in [0.717, 1.165) is 60.7 Å². The average Bonchev–Trinajstić information content (AvgIpc) is 3.54. The van der Waals surface area contributed by atoms with Crippen LogP contribution in [0, 0.1) is 0 Å². The molecule has 8 aromatic rings. The molecule has 2 aliphatic heterocycles. The second-order valence-corrected chi connectivity index (χ2v) is 18.6. The van der Waals surface area contributed by atoms with Gasteiger partial charge in [0.1, 0.15) is 23.4 Å². The zero-order valence-electron chi connectivity index (χ0n) is 38.6. The molecular weight excluding hydrogens is 841 g/mol. The van der Waals surface area contributed by atoms with Crippen LogP contribution in [0.2, 0.25) is 0 Å². The highest BCUT2D eigenvalue weighted by atomic mass is 16.5. The minimum Gasteiger partial charge on any atom is -0.486 e. The molecule has 2 aromatic heterocycles. The Bertz CT molecular complexity index is 3750. The number of hydrogen-bond acceptors (Lipinski definition) is 2. The summed E-state index contributed by atoms with van der Waals surface area (Å²) in [7, 11) is 0. The quantitative estimate of drug-likeness (QED) is 0.112. The molecule has 0 saturated carbocycles. The molecule has 5 aliphatic rings. The van der Waals surface area contributed by atoms with Crippen LogP contribution < -0.4 is 9.47 Å². The van der Waals surface area contributed by atoms with Gasteiger partial charge in [-0.05, 0) is 126 Å². The number of ether oxygens (including phenoxy) is 2. The highest BCUT2D eigenvalue weighted by molar-refractivity contribution is 6.24. The van der Waals surface area contributed by atoms with Gasteiger partial charge in [-0.1, -0.05) is 146 Å². The number of para-hydroxylation sites is 1. The zero-order chi connectivity index (χ0) is 45.8. The lowest BCUT2D eigenvalue weighted by molar-refractivity contribution is 0.211. The normalized spacial score (nSPS) is 17.6. The van der Waals surface area contributed by atoms with Crippen molar-refractivity contribution in [2.45, 2.75) is 51.0 Å². The Morgan fingerprint density at radius 1 is 0.725 bits per heavy atom. The van der Waals surface area contributed by atoms with Crippen LogP contribution in [0.25, 0.3) is 66.9 Å². The fourth-order valence-electron chi connectivity index (χ4n) is 11.4. The van der Waals surface area contributed by atoms with Crippen molar-refractivity contribution < 1.29 is 9.47 Å². The van der Waals surface area contributed by atoms with Crippen LogP contribution in [0.5, 0.6) is 17.2 Å². The molecule has 0 fully saturated rings. The van der Waals surface area contributed by atoms with Crippen LogP contribution >= 0.6 is 0 Å². The molecule has 69 heavy (non-hydrogen) atoms. The van der Waals surface area contributed by atoms with Crippen LogP contribution in [0.15, 0.2) is 218 Å². The van der Waals surface area contributed by atoms with E-state index in [1.54, 1.807) is 0 Å². The minimum atomic E-state index is 0.0469. The molecule has 13 rings (SSSR count). The molecule has 2 atom stereocenters. The van der Waals surface area contributed by atoms with E-state index in [1.165, 1.54) is 88.5 Å². The number of nitrogens with zero attached hydrogens (tertiary/aromatic N) is 2. The number of aromatic nitrogens is 2. The van der Waals surface area contributed by atoms with Gasteiger partial charge in [-0.15, -0.1) is 5.73 Å². The van der Waals surface area contributed by atoms with Gasteiger partial charge in [-0.3, -0.25) is 0 Å². The molecule has 4 nitrogen and oxygen atoms in total. The third-order valence-corrected chi connectivity index (χ3v) is 14.5. The maximum Gasteiger partial charge on any atom is 0.131 e. The maximum atomic E-state index is 6.74. The van der Waals surface area contributed by atoms with Crippen LogP contribution in [0.1, 0.15) is 65.6 Å². The van der Waals surface area contributed by atoms with Gasteiger partial charge in [-0.25, -0.2) is 0 Å². The Labute approximate surface area is 403 Å². The Morgan fingerprint density at radius 3 is 2.49 bits per heavy atom. The summed E-state index contributed by atoms with van der Waals surface area (Å²) in [5, 5.41) is 3.75. The predicted octanol–water partition coefficient (Wildman–Crippen LogP) is 16.5. The Kier molecular flexibility index (Phi) is 10.1. The van der Waals surface area contributed by atoms with E-state index >= 15 is 0 Å². The van der Waals surface area contributed by atoms with Gasteiger partial charge in [0, 0.05) is 63.0 Å². The van der Waals surface area contributed by atoms with E-state index in [-0.39, 0.29) is 12.0 Å². The first kappa shape index (κ1) is 40.9. The van der Waals surface area contributed by atoms with Crippen LogP contribution in [0.3, 0.4) is 0 Å². The van der Waals surface area contributed by atoms with Crippen molar-refractivity contribution in [3.8, 4) is 39.8 Å². The first-order valence-corrected chi connectivity index (χ1v) is 24.4. The zero-order valence-corrected chi connectivity index (χ0v) is 38.6. The van der Waals surface area contributed by atoms with E-state index in [2.05, 4.69) is 222 Å². The largest absolute Gasteiger partial charge is 0.486 e. The molecule has 0 amide bonds. The second-order valence-electron chi connectivity index (χ2n) is 18.6. The van der Waals surface area contributed by atoms with E-state index in [0.29, 0.717) is 0 Å². The van der Waals surface area contributed by atoms with Crippen LogP contribution in [0.4, 0.5) is 0 Å². The molecule has 4 heteroatoms. The smallest absolute Gasteiger partial charge is 0.131 e. The van der Waals surface area contributed by atoms with Crippen molar-refractivity contribution >= 4 is 44.4 Å². The SMILES string of the molecule is C/C=C\C/C(=C\CC1=C=CC=CC=C1)c1ccc(-n2c3c(c4c5c6ccc(-c7cccc8c7Cc7ccccc7O8)cc6n(-c6cccc7c6C6C=CC=CC(C6)O7)c5ccc42)C=CC=CC3)cc1. The first-order valence-electron chi connectivity index (χ1n) is 24.4.